The number of sulfone groups is 1. The van der Waals surface area contributed by atoms with E-state index < -0.39 is 28.2 Å². The summed E-state index contributed by atoms with van der Waals surface area (Å²) >= 11 is 5.57. The zero-order valence-corrected chi connectivity index (χ0v) is 10.0. The summed E-state index contributed by atoms with van der Waals surface area (Å²) in [6.45, 7) is 0. The third-order valence-corrected chi connectivity index (χ3v) is 3.97. The van der Waals surface area contributed by atoms with Crippen molar-refractivity contribution in [2.75, 3.05) is 11.5 Å². The molecule has 2 N–H and O–H groups in total. The van der Waals surface area contributed by atoms with E-state index in [-0.39, 0.29) is 15.6 Å². The fourth-order valence-corrected chi connectivity index (χ4v) is 2.83. The fraction of sp³-hybridized carbons (Fsp3) is 0.333. The third-order valence-electron chi connectivity index (χ3n) is 1.96. The van der Waals surface area contributed by atoms with Crippen molar-refractivity contribution in [2.24, 2.45) is 0 Å². The molecule has 0 aromatic heterocycles. The molecule has 1 aromatic rings. The molecule has 0 atom stereocenters. The van der Waals surface area contributed by atoms with Gasteiger partial charge in [-0.3, -0.25) is 0 Å². The Hall–Kier alpha value is -0.950. The van der Waals surface area contributed by atoms with Gasteiger partial charge in [0.1, 0.15) is 0 Å². The number of anilines is 1. The summed E-state index contributed by atoms with van der Waals surface area (Å²) < 4.78 is 59.1. The van der Waals surface area contributed by atoms with E-state index in [0.717, 1.165) is 6.07 Å². The van der Waals surface area contributed by atoms with Gasteiger partial charge < -0.3 is 5.73 Å². The Labute approximate surface area is 101 Å². The summed E-state index contributed by atoms with van der Waals surface area (Å²) in [7, 11) is -4.08. The summed E-state index contributed by atoms with van der Waals surface area (Å²) in [6, 6.07) is 3.64. The molecular weight excluding hydrogens is 279 g/mol. The van der Waals surface area contributed by atoms with Crippen LogP contribution in [0.5, 0.6) is 0 Å². The molecule has 0 aliphatic heterocycles. The van der Waals surface area contributed by atoms with Gasteiger partial charge in [-0.2, -0.15) is 13.2 Å². The molecule has 1 aromatic carbocycles. The normalized spacial score (nSPS) is 12.7. The highest BCUT2D eigenvalue weighted by Gasteiger charge is 2.31. The average Bonchev–Trinajstić information content (AvgIpc) is 2.18. The van der Waals surface area contributed by atoms with Crippen LogP contribution in [0.4, 0.5) is 18.9 Å². The summed E-state index contributed by atoms with van der Waals surface area (Å²) in [5.41, 5.74) is 5.28. The topological polar surface area (TPSA) is 60.2 Å². The van der Waals surface area contributed by atoms with Crippen LogP contribution in [0.15, 0.2) is 23.1 Å². The fourth-order valence-electron chi connectivity index (χ4n) is 1.14. The molecular formula is C9H9ClF3NO2S. The standard InChI is InChI=1S/C9H9ClF3NO2S/c10-6-1-2-7(14)8(5-6)17(15,16)4-3-9(11,12)13/h1-2,5H,3-4,14H2. The molecule has 0 bridgehead atoms. The quantitative estimate of drug-likeness (QED) is 0.870. The van der Waals surface area contributed by atoms with Crippen LogP contribution >= 0.6 is 11.6 Å². The van der Waals surface area contributed by atoms with Gasteiger partial charge in [0.25, 0.3) is 0 Å². The highest BCUT2D eigenvalue weighted by atomic mass is 35.5. The van der Waals surface area contributed by atoms with E-state index in [0.29, 0.717) is 0 Å². The van der Waals surface area contributed by atoms with E-state index in [9.17, 15) is 21.6 Å². The zero-order valence-electron chi connectivity index (χ0n) is 8.46. The third kappa shape index (κ3) is 4.08. The first-order valence-electron chi connectivity index (χ1n) is 4.46. The number of nitrogen functional groups attached to an aromatic ring is 1. The van der Waals surface area contributed by atoms with Gasteiger partial charge in [0.05, 0.1) is 22.8 Å². The van der Waals surface area contributed by atoms with Crippen molar-refractivity contribution in [3.63, 3.8) is 0 Å². The predicted molar refractivity (Wildman–Crippen MR) is 58.6 cm³/mol. The minimum Gasteiger partial charge on any atom is -0.398 e. The molecule has 8 heteroatoms. The maximum absolute atomic E-state index is 12.0. The molecule has 17 heavy (non-hydrogen) atoms. The Bertz CT molecular complexity index is 513. The van der Waals surface area contributed by atoms with Crippen molar-refractivity contribution >= 4 is 27.1 Å². The maximum Gasteiger partial charge on any atom is 0.390 e. The largest absolute Gasteiger partial charge is 0.398 e. The summed E-state index contributed by atoms with van der Waals surface area (Å²) in [5, 5.41) is 0.102. The monoisotopic (exact) mass is 287 g/mol. The molecule has 0 aliphatic carbocycles. The van der Waals surface area contributed by atoms with E-state index in [1.165, 1.54) is 12.1 Å². The van der Waals surface area contributed by atoms with E-state index in [1.54, 1.807) is 0 Å². The molecule has 0 fully saturated rings. The van der Waals surface area contributed by atoms with Crippen molar-refractivity contribution in [1.29, 1.82) is 0 Å². The van der Waals surface area contributed by atoms with Crippen molar-refractivity contribution in [1.82, 2.24) is 0 Å². The molecule has 0 heterocycles. The first-order chi connectivity index (χ1) is 7.62. The smallest absolute Gasteiger partial charge is 0.390 e. The number of hydrogen-bond donors (Lipinski definition) is 1. The first kappa shape index (κ1) is 14.1. The van der Waals surface area contributed by atoms with Crippen LogP contribution in [0.2, 0.25) is 5.02 Å². The van der Waals surface area contributed by atoms with Crippen LogP contribution in [-0.2, 0) is 9.84 Å². The Kier molecular flexibility index (Phi) is 3.93. The lowest BCUT2D eigenvalue weighted by molar-refractivity contribution is -0.129. The Balaban J connectivity index is 3.02. The second-order valence-electron chi connectivity index (χ2n) is 3.37. The molecule has 0 amide bonds. The van der Waals surface area contributed by atoms with Crippen LogP contribution in [0.3, 0.4) is 0 Å². The van der Waals surface area contributed by atoms with Crippen LogP contribution in [0, 0.1) is 0 Å². The summed E-state index contributed by atoms with van der Waals surface area (Å²) in [5.74, 6) is -1.04. The molecule has 96 valence electrons. The minimum atomic E-state index is -4.53. The average molecular weight is 288 g/mol. The van der Waals surface area contributed by atoms with Crippen molar-refractivity contribution in [3.8, 4) is 0 Å². The molecule has 0 spiro atoms. The van der Waals surface area contributed by atoms with Crippen molar-refractivity contribution < 1.29 is 21.6 Å². The van der Waals surface area contributed by atoms with Gasteiger partial charge in [0.15, 0.2) is 9.84 Å². The van der Waals surface area contributed by atoms with Gasteiger partial charge in [-0.15, -0.1) is 0 Å². The molecule has 0 unspecified atom stereocenters. The number of benzene rings is 1. The minimum absolute atomic E-state index is 0.102. The number of hydrogen-bond acceptors (Lipinski definition) is 3. The van der Waals surface area contributed by atoms with E-state index in [2.05, 4.69) is 0 Å². The lowest BCUT2D eigenvalue weighted by Crippen LogP contribution is -2.17. The highest BCUT2D eigenvalue weighted by Crippen LogP contribution is 2.27. The Morgan fingerprint density at radius 1 is 1.29 bits per heavy atom. The van der Waals surface area contributed by atoms with Crippen LogP contribution in [0.1, 0.15) is 6.42 Å². The number of halogens is 4. The Morgan fingerprint density at radius 3 is 2.41 bits per heavy atom. The molecule has 1 rings (SSSR count). The van der Waals surface area contributed by atoms with Gasteiger partial charge in [-0.25, -0.2) is 8.42 Å². The molecule has 0 saturated carbocycles. The van der Waals surface area contributed by atoms with Crippen LogP contribution < -0.4 is 5.73 Å². The number of rotatable bonds is 3. The second kappa shape index (κ2) is 4.73. The van der Waals surface area contributed by atoms with E-state index >= 15 is 0 Å². The maximum atomic E-state index is 12.0. The molecule has 3 nitrogen and oxygen atoms in total. The predicted octanol–water partition coefficient (Wildman–Crippen LogP) is 2.65. The van der Waals surface area contributed by atoms with Gasteiger partial charge in [-0.1, -0.05) is 11.6 Å². The number of alkyl halides is 3. The van der Waals surface area contributed by atoms with Gasteiger partial charge in [0, 0.05) is 5.02 Å². The molecule has 0 saturated heterocycles. The molecule has 0 radical (unpaired) electrons. The first-order valence-corrected chi connectivity index (χ1v) is 6.49. The number of nitrogens with two attached hydrogens (primary N) is 1. The zero-order chi connectivity index (χ0) is 13.3. The SMILES string of the molecule is Nc1ccc(Cl)cc1S(=O)(=O)CCC(F)(F)F. The van der Waals surface area contributed by atoms with Crippen molar-refractivity contribution in [2.45, 2.75) is 17.5 Å². The highest BCUT2D eigenvalue weighted by molar-refractivity contribution is 7.91. The second-order valence-corrected chi connectivity index (χ2v) is 5.88. The van der Waals surface area contributed by atoms with Gasteiger partial charge in [0.2, 0.25) is 0 Å². The van der Waals surface area contributed by atoms with Crippen LogP contribution in [0.25, 0.3) is 0 Å². The van der Waals surface area contributed by atoms with Gasteiger partial charge >= 0.3 is 6.18 Å². The summed E-state index contributed by atoms with van der Waals surface area (Å²) in [4.78, 5) is -0.366. The Morgan fingerprint density at radius 2 is 1.88 bits per heavy atom. The molecule has 0 aliphatic rings. The van der Waals surface area contributed by atoms with Crippen LogP contribution in [-0.4, -0.2) is 20.3 Å². The van der Waals surface area contributed by atoms with E-state index in [1.807, 2.05) is 0 Å². The lowest BCUT2D eigenvalue weighted by atomic mass is 10.3. The summed E-state index contributed by atoms with van der Waals surface area (Å²) in [6.07, 6.45) is -5.94. The van der Waals surface area contributed by atoms with E-state index in [4.69, 9.17) is 17.3 Å². The lowest BCUT2D eigenvalue weighted by Gasteiger charge is -2.09. The van der Waals surface area contributed by atoms with Crippen molar-refractivity contribution in [3.05, 3.63) is 23.2 Å². The van der Waals surface area contributed by atoms with Gasteiger partial charge in [-0.05, 0) is 18.2 Å².